The van der Waals surface area contributed by atoms with Gasteiger partial charge in [-0.3, -0.25) is 24.5 Å². The highest BCUT2D eigenvalue weighted by atomic mass is 35.5. The van der Waals surface area contributed by atoms with Gasteiger partial charge in [0.2, 0.25) is 0 Å². The second kappa shape index (κ2) is 9.10. The number of hydrogen-bond donors (Lipinski definition) is 1. The lowest BCUT2D eigenvalue weighted by Gasteiger charge is -2.05. The Morgan fingerprint density at radius 3 is 2.40 bits per heavy atom. The highest BCUT2D eigenvalue weighted by Crippen LogP contribution is 2.12. The van der Waals surface area contributed by atoms with Crippen molar-refractivity contribution < 1.29 is 23.9 Å². The number of carbonyl (C=O) groups excluding carboxylic acids is 4. The van der Waals surface area contributed by atoms with Crippen LogP contribution in [0.3, 0.4) is 0 Å². The van der Waals surface area contributed by atoms with Crippen molar-refractivity contribution in [3.05, 3.63) is 57.2 Å². The van der Waals surface area contributed by atoms with Gasteiger partial charge in [0.1, 0.15) is 0 Å². The molecule has 0 unspecified atom stereocenters. The number of Topliss-reactive ketones (excluding diaryl/α,β-unsaturated/α-hetero) is 1. The lowest BCUT2D eigenvalue weighted by atomic mass is 10.1. The number of ketones is 1. The highest BCUT2D eigenvalue weighted by Gasteiger charge is 2.14. The van der Waals surface area contributed by atoms with E-state index in [9.17, 15) is 19.2 Å². The first-order valence-electron chi connectivity index (χ1n) is 7.28. The maximum Gasteiger partial charge on any atom is 0.306 e. The molecule has 1 aromatic carbocycles. The summed E-state index contributed by atoms with van der Waals surface area (Å²) in [6.45, 7) is -0.578. The van der Waals surface area contributed by atoms with Gasteiger partial charge in [-0.15, -0.1) is 11.3 Å². The topological polar surface area (TPSA) is 89.5 Å². The van der Waals surface area contributed by atoms with Crippen molar-refractivity contribution in [1.82, 2.24) is 5.32 Å². The van der Waals surface area contributed by atoms with E-state index in [0.717, 1.165) is 0 Å². The molecule has 0 radical (unpaired) electrons. The molecule has 2 aromatic rings. The van der Waals surface area contributed by atoms with E-state index in [1.54, 1.807) is 41.8 Å². The fourth-order valence-electron chi connectivity index (χ4n) is 1.85. The van der Waals surface area contributed by atoms with Crippen LogP contribution >= 0.6 is 22.9 Å². The summed E-state index contributed by atoms with van der Waals surface area (Å²) >= 11 is 6.93. The molecule has 0 aliphatic heterocycles. The molecule has 1 aromatic heterocycles. The van der Waals surface area contributed by atoms with E-state index in [1.165, 1.54) is 11.3 Å². The quantitative estimate of drug-likeness (QED) is 0.590. The number of imide groups is 1. The summed E-state index contributed by atoms with van der Waals surface area (Å²) in [4.78, 5) is 47.1. The van der Waals surface area contributed by atoms with Crippen LogP contribution < -0.4 is 5.32 Å². The van der Waals surface area contributed by atoms with Gasteiger partial charge in [-0.2, -0.15) is 0 Å². The van der Waals surface area contributed by atoms with Gasteiger partial charge in [0.25, 0.3) is 11.8 Å². The number of benzene rings is 1. The Kier molecular flexibility index (Phi) is 6.85. The van der Waals surface area contributed by atoms with E-state index in [2.05, 4.69) is 5.32 Å². The molecule has 0 spiro atoms. The minimum atomic E-state index is -0.726. The van der Waals surface area contributed by atoms with Crippen molar-refractivity contribution in [2.45, 2.75) is 12.8 Å². The van der Waals surface area contributed by atoms with Crippen LogP contribution in [0, 0.1) is 0 Å². The molecule has 130 valence electrons. The smallest absolute Gasteiger partial charge is 0.306 e. The third kappa shape index (κ3) is 6.13. The molecule has 0 aliphatic carbocycles. The van der Waals surface area contributed by atoms with Gasteiger partial charge >= 0.3 is 5.97 Å². The van der Waals surface area contributed by atoms with Crippen LogP contribution in [0.5, 0.6) is 0 Å². The summed E-state index contributed by atoms with van der Waals surface area (Å²) in [6, 6.07) is 9.56. The number of ether oxygens (including phenoxy) is 1. The van der Waals surface area contributed by atoms with Crippen molar-refractivity contribution in [1.29, 1.82) is 0 Å². The molecule has 0 saturated heterocycles. The summed E-state index contributed by atoms with van der Waals surface area (Å²) in [7, 11) is 0. The number of nitrogens with one attached hydrogen (secondary N) is 1. The van der Waals surface area contributed by atoms with Crippen LogP contribution in [0.4, 0.5) is 0 Å². The lowest BCUT2D eigenvalue weighted by molar-refractivity contribution is -0.148. The van der Waals surface area contributed by atoms with Crippen LogP contribution in [-0.4, -0.2) is 30.2 Å². The average molecular weight is 380 g/mol. The average Bonchev–Trinajstić information content (AvgIpc) is 3.13. The molecule has 0 atom stereocenters. The molecule has 25 heavy (non-hydrogen) atoms. The summed E-state index contributed by atoms with van der Waals surface area (Å²) < 4.78 is 4.75. The van der Waals surface area contributed by atoms with Crippen LogP contribution in [0.15, 0.2) is 41.8 Å². The van der Waals surface area contributed by atoms with Gasteiger partial charge in [0.05, 0.1) is 11.3 Å². The van der Waals surface area contributed by atoms with Gasteiger partial charge < -0.3 is 4.74 Å². The zero-order valence-electron chi connectivity index (χ0n) is 13.0. The van der Waals surface area contributed by atoms with E-state index in [-0.39, 0.29) is 18.6 Å². The normalized spacial score (nSPS) is 10.1. The number of hydrogen-bond acceptors (Lipinski definition) is 6. The maximum absolute atomic E-state index is 11.9. The number of esters is 1. The van der Waals surface area contributed by atoms with Gasteiger partial charge in [-0.05, 0) is 35.7 Å². The molecule has 2 amide bonds. The van der Waals surface area contributed by atoms with Crippen molar-refractivity contribution in [3.8, 4) is 0 Å². The van der Waals surface area contributed by atoms with Crippen LogP contribution in [-0.2, 0) is 14.3 Å². The first-order chi connectivity index (χ1) is 12.0. The number of amides is 2. The summed E-state index contributed by atoms with van der Waals surface area (Å²) in [5.41, 5.74) is 0.441. The monoisotopic (exact) mass is 379 g/mol. The zero-order valence-corrected chi connectivity index (χ0v) is 14.6. The minimum absolute atomic E-state index is 0.0454. The molecular formula is C17H14ClNO5S. The lowest BCUT2D eigenvalue weighted by Crippen LogP contribution is -2.33. The van der Waals surface area contributed by atoms with E-state index in [1.807, 2.05) is 0 Å². The minimum Gasteiger partial charge on any atom is -0.456 e. The Morgan fingerprint density at radius 2 is 1.76 bits per heavy atom. The van der Waals surface area contributed by atoms with Crippen molar-refractivity contribution in [3.63, 3.8) is 0 Å². The Bertz CT molecular complexity index is 771. The second-order valence-electron chi connectivity index (χ2n) is 4.95. The highest BCUT2D eigenvalue weighted by molar-refractivity contribution is 7.12. The first kappa shape index (κ1) is 18.8. The van der Waals surface area contributed by atoms with Crippen molar-refractivity contribution in [2.75, 3.05) is 6.61 Å². The van der Waals surface area contributed by atoms with E-state index < -0.39 is 24.4 Å². The second-order valence-corrected chi connectivity index (χ2v) is 6.33. The molecule has 2 rings (SSSR count). The molecule has 1 heterocycles. The van der Waals surface area contributed by atoms with Gasteiger partial charge in [0, 0.05) is 17.0 Å². The Labute approximate surface area is 152 Å². The third-order valence-electron chi connectivity index (χ3n) is 3.08. The Balaban J connectivity index is 1.69. The number of rotatable bonds is 7. The molecule has 1 N–H and O–H groups in total. The third-order valence-corrected chi connectivity index (χ3v) is 4.21. The molecule has 0 fully saturated rings. The molecule has 6 nitrogen and oxygen atoms in total. The number of thiophene rings is 1. The van der Waals surface area contributed by atoms with Gasteiger partial charge in [-0.25, -0.2) is 0 Å². The summed E-state index contributed by atoms with van der Waals surface area (Å²) in [5, 5.41) is 4.33. The predicted octanol–water partition coefficient (Wildman–Crippen LogP) is 2.86. The number of carbonyl (C=O) groups is 4. The zero-order chi connectivity index (χ0) is 18.2. The van der Waals surface area contributed by atoms with Crippen molar-refractivity contribution >= 4 is 46.5 Å². The van der Waals surface area contributed by atoms with Gasteiger partial charge in [-0.1, -0.05) is 17.7 Å². The molecular weight excluding hydrogens is 366 g/mol. The number of halogens is 1. The van der Waals surface area contributed by atoms with Crippen LogP contribution in [0.2, 0.25) is 5.02 Å². The summed E-state index contributed by atoms with van der Waals surface area (Å²) in [5.74, 6) is -2.20. The standard InChI is InChI=1S/C17H14ClNO5S/c18-12-5-3-11(4-6-12)13(20)7-8-16(22)24-10-15(21)19-17(23)14-2-1-9-25-14/h1-6,9H,7-8,10H2,(H,19,21,23). The SMILES string of the molecule is O=C(COC(=O)CCC(=O)c1ccc(Cl)cc1)NC(=O)c1cccs1. The maximum atomic E-state index is 11.9. The van der Waals surface area contributed by atoms with E-state index in [4.69, 9.17) is 16.3 Å². The largest absolute Gasteiger partial charge is 0.456 e. The van der Waals surface area contributed by atoms with E-state index >= 15 is 0 Å². The van der Waals surface area contributed by atoms with E-state index in [0.29, 0.717) is 15.5 Å². The van der Waals surface area contributed by atoms with Crippen LogP contribution in [0.25, 0.3) is 0 Å². The Hall–Kier alpha value is -2.51. The predicted molar refractivity (Wildman–Crippen MR) is 92.8 cm³/mol. The first-order valence-corrected chi connectivity index (χ1v) is 8.53. The Morgan fingerprint density at radius 1 is 1.04 bits per heavy atom. The molecule has 0 bridgehead atoms. The molecule has 0 saturated carbocycles. The summed E-state index contributed by atoms with van der Waals surface area (Å²) in [6.07, 6.45) is -0.205. The van der Waals surface area contributed by atoms with Crippen LogP contribution in [0.1, 0.15) is 32.9 Å². The fourth-order valence-corrected chi connectivity index (χ4v) is 2.59. The van der Waals surface area contributed by atoms with Gasteiger partial charge in [0.15, 0.2) is 12.4 Å². The fraction of sp³-hybridized carbons (Fsp3) is 0.176. The molecule has 0 aliphatic rings. The molecule has 8 heteroatoms. The van der Waals surface area contributed by atoms with Crippen molar-refractivity contribution in [2.24, 2.45) is 0 Å².